The van der Waals surface area contributed by atoms with Crippen LogP contribution in [0.3, 0.4) is 0 Å². The molecule has 0 radical (unpaired) electrons. The van der Waals surface area contributed by atoms with Gasteiger partial charge in [-0.25, -0.2) is 0 Å². The van der Waals surface area contributed by atoms with Crippen molar-refractivity contribution >= 4 is 0 Å². The lowest BCUT2D eigenvalue weighted by atomic mass is 9.88. The van der Waals surface area contributed by atoms with Gasteiger partial charge in [0.1, 0.15) is 0 Å². The molecule has 78 valence electrons. The van der Waals surface area contributed by atoms with Gasteiger partial charge in [0.2, 0.25) is 0 Å². The number of hydrogen-bond donors (Lipinski definition) is 1. The van der Waals surface area contributed by atoms with Crippen molar-refractivity contribution < 1.29 is 0 Å². The topological polar surface area (TPSA) is 26.0 Å². The summed E-state index contributed by atoms with van der Waals surface area (Å²) < 4.78 is 0. The summed E-state index contributed by atoms with van der Waals surface area (Å²) in [5, 5.41) is 0. The summed E-state index contributed by atoms with van der Waals surface area (Å²) in [5.41, 5.74) is 8.75. The molecule has 1 aromatic carbocycles. The largest absolute Gasteiger partial charge is 0.324 e. The standard InChI is InChI=1S/C13H21N/c1-10(14)12-7-5-11(6-8-12)9-13(2,3)4/h5-8,10H,9,14H2,1-4H3. The van der Waals surface area contributed by atoms with Crippen LogP contribution in [0.1, 0.15) is 44.9 Å². The summed E-state index contributed by atoms with van der Waals surface area (Å²) in [4.78, 5) is 0. The van der Waals surface area contributed by atoms with Crippen LogP contribution in [-0.2, 0) is 6.42 Å². The van der Waals surface area contributed by atoms with Crippen molar-refractivity contribution in [2.45, 2.75) is 40.2 Å². The van der Waals surface area contributed by atoms with E-state index in [0.717, 1.165) is 6.42 Å². The Morgan fingerprint density at radius 3 is 2.00 bits per heavy atom. The van der Waals surface area contributed by atoms with Gasteiger partial charge in [-0.2, -0.15) is 0 Å². The van der Waals surface area contributed by atoms with Crippen LogP contribution in [0.2, 0.25) is 0 Å². The van der Waals surface area contributed by atoms with E-state index in [4.69, 9.17) is 5.73 Å². The summed E-state index contributed by atoms with van der Waals surface area (Å²) >= 11 is 0. The average molecular weight is 191 g/mol. The number of rotatable bonds is 2. The molecule has 0 amide bonds. The van der Waals surface area contributed by atoms with Crippen molar-refractivity contribution in [2.75, 3.05) is 0 Å². The molecule has 0 aliphatic heterocycles. The van der Waals surface area contributed by atoms with Gasteiger partial charge in [0.15, 0.2) is 0 Å². The van der Waals surface area contributed by atoms with Crippen LogP contribution in [0.25, 0.3) is 0 Å². The smallest absolute Gasteiger partial charge is 0.0266 e. The molecule has 1 nitrogen and oxygen atoms in total. The second-order valence-electron chi connectivity index (χ2n) is 5.27. The Labute approximate surface area is 87.3 Å². The highest BCUT2D eigenvalue weighted by Gasteiger charge is 2.11. The van der Waals surface area contributed by atoms with E-state index in [1.807, 2.05) is 6.92 Å². The van der Waals surface area contributed by atoms with E-state index in [9.17, 15) is 0 Å². The molecule has 0 fully saturated rings. The zero-order chi connectivity index (χ0) is 10.8. The van der Waals surface area contributed by atoms with Crippen LogP contribution in [0.15, 0.2) is 24.3 Å². The Morgan fingerprint density at radius 1 is 1.14 bits per heavy atom. The Balaban J connectivity index is 2.74. The van der Waals surface area contributed by atoms with Crippen molar-refractivity contribution in [3.63, 3.8) is 0 Å². The van der Waals surface area contributed by atoms with E-state index in [0.29, 0.717) is 5.41 Å². The monoisotopic (exact) mass is 191 g/mol. The predicted octanol–water partition coefficient (Wildman–Crippen LogP) is 3.29. The summed E-state index contributed by atoms with van der Waals surface area (Å²) in [5.74, 6) is 0. The second-order valence-corrected chi connectivity index (χ2v) is 5.27. The van der Waals surface area contributed by atoms with Gasteiger partial charge >= 0.3 is 0 Å². The molecule has 1 rings (SSSR count). The summed E-state index contributed by atoms with van der Waals surface area (Å²) in [7, 11) is 0. The van der Waals surface area contributed by atoms with Crippen molar-refractivity contribution in [3.8, 4) is 0 Å². The van der Waals surface area contributed by atoms with Crippen LogP contribution in [0.5, 0.6) is 0 Å². The first-order valence-electron chi connectivity index (χ1n) is 5.23. The molecule has 0 bridgehead atoms. The van der Waals surface area contributed by atoms with Crippen molar-refractivity contribution in [1.82, 2.24) is 0 Å². The van der Waals surface area contributed by atoms with E-state index < -0.39 is 0 Å². The number of nitrogens with two attached hydrogens (primary N) is 1. The lowest BCUT2D eigenvalue weighted by Gasteiger charge is -2.18. The summed E-state index contributed by atoms with van der Waals surface area (Å²) in [6.07, 6.45) is 1.12. The molecule has 0 aromatic heterocycles. The SMILES string of the molecule is CC(N)c1ccc(CC(C)(C)C)cc1. The van der Waals surface area contributed by atoms with Gasteiger partial charge < -0.3 is 5.73 Å². The van der Waals surface area contributed by atoms with Crippen LogP contribution in [-0.4, -0.2) is 0 Å². The molecular formula is C13H21N. The lowest BCUT2D eigenvalue weighted by Crippen LogP contribution is -2.09. The molecule has 1 aromatic rings. The molecule has 0 aliphatic carbocycles. The van der Waals surface area contributed by atoms with Crippen LogP contribution >= 0.6 is 0 Å². The molecule has 1 heteroatoms. The van der Waals surface area contributed by atoms with Gasteiger partial charge in [0, 0.05) is 6.04 Å². The van der Waals surface area contributed by atoms with E-state index in [2.05, 4.69) is 45.0 Å². The Hall–Kier alpha value is -0.820. The first-order chi connectivity index (χ1) is 6.38. The zero-order valence-electron chi connectivity index (χ0n) is 9.67. The average Bonchev–Trinajstić information content (AvgIpc) is 2.02. The number of hydrogen-bond acceptors (Lipinski definition) is 1. The highest BCUT2D eigenvalue weighted by atomic mass is 14.6. The van der Waals surface area contributed by atoms with Gasteiger partial charge in [-0.05, 0) is 29.9 Å². The molecule has 1 atom stereocenters. The third-order valence-corrected chi connectivity index (χ3v) is 2.24. The maximum Gasteiger partial charge on any atom is 0.0266 e. The van der Waals surface area contributed by atoms with Gasteiger partial charge in [-0.15, -0.1) is 0 Å². The summed E-state index contributed by atoms with van der Waals surface area (Å²) in [6.45, 7) is 8.78. The minimum atomic E-state index is 0.138. The molecule has 2 N–H and O–H groups in total. The van der Waals surface area contributed by atoms with Crippen molar-refractivity contribution in [2.24, 2.45) is 11.1 Å². The molecule has 0 saturated heterocycles. The molecule has 0 spiro atoms. The normalized spacial score (nSPS) is 14.1. The molecular weight excluding hydrogens is 170 g/mol. The van der Waals surface area contributed by atoms with Crippen LogP contribution in [0, 0.1) is 5.41 Å². The van der Waals surface area contributed by atoms with Gasteiger partial charge in [0.25, 0.3) is 0 Å². The Morgan fingerprint density at radius 2 is 1.64 bits per heavy atom. The molecule has 0 saturated carbocycles. The molecule has 0 heterocycles. The van der Waals surface area contributed by atoms with E-state index in [-0.39, 0.29) is 6.04 Å². The fourth-order valence-electron chi connectivity index (χ4n) is 1.55. The predicted molar refractivity (Wildman–Crippen MR) is 62.2 cm³/mol. The van der Waals surface area contributed by atoms with E-state index >= 15 is 0 Å². The van der Waals surface area contributed by atoms with Crippen LogP contribution in [0.4, 0.5) is 0 Å². The minimum Gasteiger partial charge on any atom is -0.324 e. The molecule has 14 heavy (non-hydrogen) atoms. The first kappa shape index (κ1) is 11.3. The third-order valence-electron chi connectivity index (χ3n) is 2.24. The Kier molecular flexibility index (Phi) is 3.33. The quantitative estimate of drug-likeness (QED) is 0.762. The van der Waals surface area contributed by atoms with Crippen molar-refractivity contribution in [3.05, 3.63) is 35.4 Å². The summed E-state index contributed by atoms with van der Waals surface area (Å²) in [6, 6.07) is 8.77. The van der Waals surface area contributed by atoms with Gasteiger partial charge in [-0.3, -0.25) is 0 Å². The highest BCUT2D eigenvalue weighted by Crippen LogP contribution is 2.21. The highest BCUT2D eigenvalue weighted by molar-refractivity contribution is 5.25. The third kappa shape index (κ3) is 3.51. The second kappa shape index (κ2) is 4.14. The lowest BCUT2D eigenvalue weighted by molar-refractivity contribution is 0.411. The fourth-order valence-corrected chi connectivity index (χ4v) is 1.55. The zero-order valence-corrected chi connectivity index (χ0v) is 9.67. The number of benzene rings is 1. The first-order valence-corrected chi connectivity index (χ1v) is 5.23. The maximum atomic E-state index is 5.79. The Bertz CT molecular complexity index is 277. The van der Waals surface area contributed by atoms with Crippen LogP contribution < -0.4 is 5.73 Å². The van der Waals surface area contributed by atoms with Gasteiger partial charge in [0.05, 0.1) is 0 Å². The van der Waals surface area contributed by atoms with Crippen molar-refractivity contribution in [1.29, 1.82) is 0 Å². The maximum absolute atomic E-state index is 5.79. The molecule has 1 unspecified atom stereocenters. The minimum absolute atomic E-state index is 0.138. The van der Waals surface area contributed by atoms with E-state index in [1.54, 1.807) is 0 Å². The fraction of sp³-hybridized carbons (Fsp3) is 0.538. The van der Waals surface area contributed by atoms with E-state index in [1.165, 1.54) is 11.1 Å². The molecule has 0 aliphatic rings. The van der Waals surface area contributed by atoms with Gasteiger partial charge in [-0.1, -0.05) is 45.0 Å².